The molecule has 4 aliphatic heterocycles. The number of fused-ring (bicyclic) bond motifs is 8. The first-order valence-corrected chi connectivity index (χ1v) is 20.2. The quantitative estimate of drug-likeness (QED) is 0.202. The van der Waals surface area contributed by atoms with Crippen LogP contribution in [0.25, 0.3) is 21.8 Å². The molecular formula is C44H56N4O5. The van der Waals surface area contributed by atoms with Gasteiger partial charge in [0.05, 0.1) is 33.7 Å². The van der Waals surface area contributed by atoms with Gasteiger partial charge < -0.3 is 29.1 Å². The van der Waals surface area contributed by atoms with E-state index in [9.17, 15) is 9.59 Å². The summed E-state index contributed by atoms with van der Waals surface area (Å²) < 4.78 is 17.1. The molecule has 2 aromatic carbocycles. The van der Waals surface area contributed by atoms with Crippen LogP contribution in [0.15, 0.2) is 36.4 Å². The maximum absolute atomic E-state index is 13.8. The highest BCUT2D eigenvalue weighted by Gasteiger charge is 2.57. The zero-order valence-electron chi connectivity index (χ0n) is 32.2. The number of hydrogen-bond donors (Lipinski definition) is 2. The SMILES string of the molecule is CCC1C2CC(C2CC(=O)OC)N2CCc3c([nH]c4cc(C5CC6C(C(=O)OC)C(Cc7c5[nH]c5ccccc75)N(C)C[C@H]6CC)c(OC)cc34)CC12. The van der Waals surface area contributed by atoms with E-state index in [4.69, 9.17) is 14.2 Å². The van der Waals surface area contributed by atoms with Crippen LogP contribution in [0.3, 0.4) is 0 Å². The number of rotatable bonds is 7. The normalized spacial score (nSPS) is 32.4. The number of benzene rings is 2. The van der Waals surface area contributed by atoms with Crippen molar-refractivity contribution in [2.24, 2.45) is 35.5 Å². The number of aromatic amines is 2. The summed E-state index contributed by atoms with van der Waals surface area (Å²) in [6, 6.07) is 14.3. The van der Waals surface area contributed by atoms with Gasteiger partial charge in [-0.2, -0.15) is 0 Å². The zero-order valence-corrected chi connectivity index (χ0v) is 32.2. The third kappa shape index (κ3) is 5.38. The Balaban J connectivity index is 1.14. The molecule has 0 amide bonds. The van der Waals surface area contributed by atoms with Crippen molar-refractivity contribution < 1.29 is 23.8 Å². The van der Waals surface area contributed by atoms with Gasteiger partial charge in [-0.25, -0.2) is 0 Å². The minimum Gasteiger partial charge on any atom is -0.496 e. The molecule has 4 fully saturated rings. The number of esters is 2. The number of H-pyrrole nitrogens is 2. The molecule has 4 bridgehead atoms. The van der Waals surface area contributed by atoms with E-state index in [2.05, 4.69) is 77.1 Å². The molecule has 2 aliphatic carbocycles. The third-order valence-electron chi connectivity index (χ3n) is 15.0. The van der Waals surface area contributed by atoms with Crippen molar-refractivity contribution in [3.63, 3.8) is 0 Å². The number of ether oxygens (including phenoxy) is 3. The second-order valence-electron chi connectivity index (χ2n) is 16.9. The number of aromatic nitrogens is 2. The van der Waals surface area contributed by atoms with Gasteiger partial charge in [0.25, 0.3) is 0 Å². The number of piperidine rings is 3. The average molecular weight is 721 g/mol. The third-order valence-corrected chi connectivity index (χ3v) is 15.0. The first-order valence-electron chi connectivity index (χ1n) is 20.2. The van der Waals surface area contributed by atoms with Gasteiger partial charge in [0.2, 0.25) is 0 Å². The summed E-state index contributed by atoms with van der Waals surface area (Å²) in [6.45, 7) is 6.59. The summed E-state index contributed by atoms with van der Waals surface area (Å²) in [5.74, 6) is 2.70. The van der Waals surface area contributed by atoms with Gasteiger partial charge in [-0.15, -0.1) is 0 Å². The highest BCUT2D eigenvalue weighted by atomic mass is 16.5. The Labute approximate surface area is 313 Å². The lowest BCUT2D eigenvalue weighted by Crippen LogP contribution is -2.67. The van der Waals surface area contributed by atoms with Crippen LogP contribution in [-0.4, -0.2) is 91.3 Å². The molecule has 10 atom stereocenters. The Hall–Kier alpha value is -3.82. The molecule has 9 nitrogen and oxygen atoms in total. The number of methoxy groups -OCH3 is 3. The maximum Gasteiger partial charge on any atom is 0.310 e. The predicted octanol–water partition coefficient (Wildman–Crippen LogP) is 6.86. The Bertz CT molecular complexity index is 2050. The van der Waals surface area contributed by atoms with Crippen molar-refractivity contribution >= 4 is 33.7 Å². The van der Waals surface area contributed by atoms with E-state index in [1.54, 1.807) is 7.11 Å². The van der Waals surface area contributed by atoms with Crippen molar-refractivity contribution in [2.45, 2.75) is 89.3 Å². The second-order valence-corrected chi connectivity index (χ2v) is 16.9. The van der Waals surface area contributed by atoms with E-state index in [0.29, 0.717) is 42.2 Å². The van der Waals surface area contributed by atoms with Crippen LogP contribution in [0.4, 0.5) is 0 Å². The number of para-hydroxylation sites is 1. The van der Waals surface area contributed by atoms with Gasteiger partial charge >= 0.3 is 11.9 Å². The summed E-state index contributed by atoms with van der Waals surface area (Å²) >= 11 is 0. The highest BCUT2D eigenvalue weighted by molar-refractivity contribution is 5.89. The summed E-state index contributed by atoms with van der Waals surface area (Å²) in [5.41, 5.74) is 8.83. The molecule has 6 heterocycles. The molecule has 6 aliphatic rings. The van der Waals surface area contributed by atoms with Crippen molar-refractivity contribution in [3.05, 3.63) is 64.5 Å². The molecule has 2 N–H and O–H groups in total. The molecule has 10 rings (SSSR count). The molecule has 9 heteroatoms. The van der Waals surface area contributed by atoms with Crippen molar-refractivity contribution in [2.75, 3.05) is 41.5 Å². The lowest BCUT2D eigenvalue weighted by atomic mass is 9.55. The second kappa shape index (κ2) is 13.5. The fourth-order valence-corrected chi connectivity index (χ4v) is 12.5. The minimum atomic E-state index is -0.201. The van der Waals surface area contributed by atoms with Gasteiger partial charge in [0.1, 0.15) is 5.75 Å². The summed E-state index contributed by atoms with van der Waals surface area (Å²) in [4.78, 5) is 39.3. The number of nitrogens with zero attached hydrogens (tertiary/aromatic N) is 2. The van der Waals surface area contributed by atoms with Gasteiger partial charge in [0.15, 0.2) is 0 Å². The summed E-state index contributed by atoms with van der Waals surface area (Å²) in [6.07, 6.45) is 7.50. The van der Waals surface area contributed by atoms with Gasteiger partial charge in [-0.1, -0.05) is 44.9 Å². The van der Waals surface area contributed by atoms with Gasteiger partial charge in [-0.3, -0.25) is 14.5 Å². The van der Waals surface area contributed by atoms with Crippen LogP contribution in [0.5, 0.6) is 5.75 Å². The lowest BCUT2D eigenvalue weighted by Gasteiger charge is -2.62. The molecule has 0 radical (unpaired) electrons. The molecule has 53 heavy (non-hydrogen) atoms. The zero-order chi connectivity index (χ0) is 36.7. The summed E-state index contributed by atoms with van der Waals surface area (Å²) in [7, 11) is 7.07. The van der Waals surface area contributed by atoms with E-state index in [0.717, 1.165) is 62.9 Å². The molecule has 2 aromatic heterocycles. The first-order chi connectivity index (χ1) is 25.8. The average Bonchev–Trinajstić information content (AvgIpc) is 3.63. The van der Waals surface area contributed by atoms with E-state index < -0.39 is 0 Å². The molecular weight excluding hydrogens is 665 g/mol. The number of nitrogens with one attached hydrogen (secondary N) is 2. The Morgan fingerprint density at radius 1 is 0.849 bits per heavy atom. The van der Waals surface area contributed by atoms with E-state index in [1.165, 1.54) is 57.9 Å². The lowest BCUT2D eigenvalue weighted by molar-refractivity contribution is -0.159. The van der Waals surface area contributed by atoms with Crippen molar-refractivity contribution in [3.8, 4) is 5.75 Å². The Morgan fingerprint density at radius 3 is 2.43 bits per heavy atom. The molecule has 1 saturated carbocycles. The number of likely N-dealkylation sites (N-methyl/N-ethyl adjacent to an activating group) is 1. The van der Waals surface area contributed by atoms with E-state index in [1.807, 2.05) is 7.11 Å². The monoisotopic (exact) mass is 720 g/mol. The van der Waals surface area contributed by atoms with Crippen LogP contribution < -0.4 is 4.74 Å². The number of hydrogen-bond acceptors (Lipinski definition) is 7. The molecule has 3 saturated heterocycles. The van der Waals surface area contributed by atoms with Crippen LogP contribution in [0.2, 0.25) is 0 Å². The minimum absolute atomic E-state index is 0.0209. The standard InChI is InChI=1S/C44H56N4O5/c1-7-23-22-47(3)39-18-33-25-11-9-10-12-34(25)46-43(33)32(15-27(23)42(39)44(50)53-6)31-16-35-29(19-40(31)51-4)26-13-14-48-37-17-28(30(37)20-41(49)52-5)24(8-2)38(48)21-36(26)45-35/h9-12,16,19,23-24,27-28,30,32,37-39,42,45-46H,7-8,13-15,17-18,20-22H2,1-6H3/t23-,24?,27?,28?,30?,32?,37?,38?,39?,42?/m1/s1. The topological polar surface area (TPSA) is 99.9 Å². The number of carbonyl (C=O) groups excluding carboxylic acids is 2. The molecule has 9 unspecified atom stereocenters. The van der Waals surface area contributed by atoms with E-state index >= 15 is 0 Å². The van der Waals surface area contributed by atoms with Crippen LogP contribution in [0.1, 0.15) is 79.9 Å². The first kappa shape index (κ1) is 34.9. The Kier molecular flexibility index (Phi) is 8.88. The number of likely N-dealkylation sites (tertiary alicyclic amines) is 1. The highest BCUT2D eigenvalue weighted by Crippen LogP contribution is 2.55. The molecule has 4 aromatic rings. The van der Waals surface area contributed by atoms with Crippen LogP contribution in [0, 0.1) is 35.5 Å². The van der Waals surface area contributed by atoms with E-state index in [-0.39, 0.29) is 35.7 Å². The predicted molar refractivity (Wildman–Crippen MR) is 206 cm³/mol. The summed E-state index contributed by atoms with van der Waals surface area (Å²) in [5, 5.41) is 2.49. The maximum atomic E-state index is 13.8. The number of carbonyl (C=O) groups is 2. The van der Waals surface area contributed by atoms with Gasteiger partial charge in [-0.05, 0) is 91.6 Å². The van der Waals surface area contributed by atoms with Gasteiger partial charge in [0, 0.05) is 82.3 Å². The Morgan fingerprint density at radius 2 is 1.68 bits per heavy atom. The molecule has 282 valence electrons. The van der Waals surface area contributed by atoms with Crippen LogP contribution in [-0.2, 0) is 38.3 Å². The van der Waals surface area contributed by atoms with Crippen LogP contribution >= 0.6 is 0 Å². The van der Waals surface area contributed by atoms with Crippen molar-refractivity contribution in [1.82, 2.24) is 19.8 Å². The van der Waals surface area contributed by atoms with Crippen molar-refractivity contribution in [1.29, 1.82) is 0 Å². The fourth-order valence-electron chi connectivity index (χ4n) is 12.5. The molecule has 0 spiro atoms. The largest absolute Gasteiger partial charge is 0.496 e. The fraction of sp³-hybridized carbons (Fsp3) is 0.591. The smallest absolute Gasteiger partial charge is 0.310 e.